The van der Waals surface area contributed by atoms with Crippen LogP contribution in [0.5, 0.6) is 0 Å². The molecule has 19 heavy (non-hydrogen) atoms. The molecule has 2 N–H and O–H groups in total. The number of hydrogen-bond acceptors (Lipinski definition) is 3. The molecule has 2 aromatic rings. The second-order valence-electron chi connectivity index (χ2n) is 4.89. The molecule has 0 aliphatic rings. The summed E-state index contributed by atoms with van der Waals surface area (Å²) in [7, 11) is 0. The Kier molecular flexibility index (Phi) is 4.22. The predicted octanol–water partition coefficient (Wildman–Crippen LogP) is 2.29. The van der Waals surface area contributed by atoms with Crippen LogP contribution in [0, 0.1) is 0 Å². The number of hydrogen-bond donors (Lipinski definition) is 1. The molecule has 1 heterocycles. The minimum atomic E-state index is -0.212. The van der Waals surface area contributed by atoms with E-state index in [0.717, 1.165) is 29.3 Å². The number of nitrogens with two attached hydrogens (primary N) is 1. The SMILES string of the molecule is CCCC(=O)On1cc(CC(C)N)c2ccccc21. The zero-order valence-corrected chi connectivity index (χ0v) is 11.4. The molecular weight excluding hydrogens is 240 g/mol. The Bertz CT molecular complexity index is 573. The van der Waals surface area contributed by atoms with Gasteiger partial charge in [-0.15, -0.1) is 0 Å². The lowest BCUT2D eigenvalue weighted by Crippen LogP contribution is -2.19. The third-order valence-corrected chi connectivity index (χ3v) is 2.96. The van der Waals surface area contributed by atoms with Gasteiger partial charge in [0.25, 0.3) is 0 Å². The monoisotopic (exact) mass is 260 g/mol. The summed E-state index contributed by atoms with van der Waals surface area (Å²) in [4.78, 5) is 17.0. The fourth-order valence-corrected chi connectivity index (χ4v) is 2.16. The number of rotatable bonds is 5. The van der Waals surface area contributed by atoms with Crippen molar-refractivity contribution < 1.29 is 9.63 Å². The van der Waals surface area contributed by atoms with Crippen LogP contribution < -0.4 is 10.6 Å². The van der Waals surface area contributed by atoms with E-state index >= 15 is 0 Å². The van der Waals surface area contributed by atoms with Gasteiger partial charge in [0.1, 0.15) is 0 Å². The molecule has 1 aromatic heterocycles. The zero-order valence-electron chi connectivity index (χ0n) is 11.4. The van der Waals surface area contributed by atoms with E-state index in [-0.39, 0.29) is 12.0 Å². The van der Waals surface area contributed by atoms with Gasteiger partial charge in [-0.25, -0.2) is 4.79 Å². The highest BCUT2D eigenvalue weighted by Gasteiger charge is 2.12. The summed E-state index contributed by atoms with van der Waals surface area (Å²) in [6.45, 7) is 3.92. The molecule has 0 fully saturated rings. The van der Waals surface area contributed by atoms with Crippen molar-refractivity contribution in [3.8, 4) is 0 Å². The van der Waals surface area contributed by atoms with Gasteiger partial charge in [-0.05, 0) is 31.4 Å². The van der Waals surface area contributed by atoms with Gasteiger partial charge < -0.3 is 10.6 Å². The molecule has 0 aliphatic heterocycles. The van der Waals surface area contributed by atoms with E-state index in [1.807, 2.05) is 44.3 Å². The second-order valence-corrected chi connectivity index (χ2v) is 4.89. The van der Waals surface area contributed by atoms with E-state index in [0.29, 0.717) is 6.42 Å². The Labute approximate surface area is 113 Å². The molecule has 2 rings (SSSR count). The van der Waals surface area contributed by atoms with Gasteiger partial charge in [-0.1, -0.05) is 25.1 Å². The second kappa shape index (κ2) is 5.89. The smallest absolute Gasteiger partial charge is 0.332 e. The Morgan fingerprint density at radius 1 is 1.42 bits per heavy atom. The normalized spacial score (nSPS) is 12.6. The first kappa shape index (κ1) is 13.6. The minimum absolute atomic E-state index is 0.0746. The zero-order chi connectivity index (χ0) is 13.8. The van der Waals surface area contributed by atoms with E-state index < -0.39 is 0 Å². The van der Waals surface area contributed by atoms with Gasteiger partial charge in [0, 0.05) is 24.0 Å². The number of carbonyl (C=O) groups excluding carboxylic acids is 1. The summed E-state index contributed by atoms with van der Waals surface area (Å²) in [6.07, 6.45) is 3.83. The highest BCUT2D eigenvalue weighted by molar-refractivity contribution is 5.84. The summed E-state index contributed by atoms with van der Waals surface area (Å²) in [5.41, 5.74) is 7.87. The van der Waals surface area contributed by atoms with Gasteiger partial charge >= 0.3 is 5.97 Å². The highest BCUT2D eigenvalue weighted by Crippen LogP contribution is 2.21. The Balaban J connectivity index is 2.35. The molecule has 0 aliphatic carbocycles. The topological polar surface area (TPSA) is 57.2 Å². The molecule has 1 atom stereocenters. The lowest BCUT2D eigenvalue weighted by Gasteiger charge is -2.04. The standard InChI is InChI=1S/C15H20N2O2/c1-3-6-15(18)19-17-10-12(9-11(2)16)13-7-4-5-8-14(13)17/h4-5,7-8,10-11H,3,6,9,16H2,1-2H3. The number of aromatic nitrogens is 1. The molecule has 0 bridgehead atoms. The molecule has 1 unspecified atom stereocenters. The van der Waals surface area contributed by atoms with Crippen molar-refractivity contribution in [1.29, 1.82) is 0 Å². The highest BCUT2D eigenvalue weighted by atomic mass is 16.7. The molecule has 4 heteroatoms. The van der Waals surface area contributed by atoms with Crippen LogP contribution in [-0.4, -0.2) is 16.7 Å². The Hall–Kier alpha value is -1.81. The van der Waals surface area contributed by atoms with Gasteiger partial charge in [0.05, 0.1) is 5.52 Å². The molecule has 1 aromatic carbocycles. The molecule has 0 saturated carbocycles. The third kappa shape index (κ3) is 3.15. The van der Waals surface area contributed by atoms with E-state index in [2.05, 4.69) is 0 Å². The van der Waals surface area contributed by atoms with Crippen molar-refractivity contribution in [2.75, 3.05) is 0 Å². The van der Waals surface area contributed by atoms with E-state index in [4.69, 9.17) is 10.6 Å². The van der Waals surface area contributed by atoms with Crippen molar-refractivity contribution in [2.24, 2.45) is 5.73 Å². The van der Waals surface area contributed by atoms with E-state index in [1.165, 1.54) is 0 Å². The van der Waals surface area contributed by atoms with E-state index in [9.17, 15) is 4.79 Å². The van der Waals surface area contributed by atoms with Crippen molar-refractivity contribution in [3.05, 3.63) is 36.0 Å². The van der Waals surface area contributed by atoms with Gasteiger partial charge in [-0.2, -0.15) is 4.73 Å². The van der Waals surface area contributed by atoms with Gasteiger partial charge in [-0.3, -0.25) is 0 Å². The quantitative estimate of drug-likeness (QED) is 0.897. The van der Waals surface area contributed by atoms with Crippen LogP contribution >= 0.6 is 0 Å². The van der Waals surface area contributed by atoms with Crippen molar-refractivity contribution in [3.63, 3.8) is 0 Å². The maximum Gasteiger partial charge on any atom is 0.332 e. The summed E-state index contributed by atoms with van der Waals surface area (Å²) < 4.78 is 1.56. The molecule has 0 saturated heterocycles. The lowest BCUT2D eigenvalue weighted by molar-refractivity contribution is -0.143. The van der Waals surface area contributed by atoms with Crippen LogP contribution in [0.25, 0.3) is 10.9 Å². The molecule has 0 radical (unpaired) electrons. The third-order valence-electron chi connectivity index (χ3n) is 2.96. The molecular formula is C15H20N2O2. The summed E-state index contributed by atoms with van der Waals surface area (Å²) in [5.74, 6) is -0.212. The summed E-state index contributed by atoms with van der Waals surface area (Å²) in [5, 5.41) is 1.09. The Morgan fingerprint density at radius 2 is 2.16 bits per heavy atom. The first-order chi connectivity index (χ1) is 9.11. The number of nitrogens with zero attached hydrogens (tertiary/aromatic N) is 1. The van der Waals surface area contributed by atoms with Crippen LogP contribution in [0.1, 0.15) is 32.3 Å². The fraction of sp³-hybridized carbons (Fsp3) is 0.400. The first-order valence-electron chi connectivity index (χ1n) is 6.67. The maximum atomic E-state index is 11.6. The van der Waals surface area contributed by atoms with Crippen LogP contribution in [0.2, 0.25) is 0 Å². The predicted molar refractivity (Wildman–Crippen MR) is 75.8 cm³/mol. The summed E-state index contributed by atoms with van der Waals surface area (Å²) in [6, 6.07) is 7.95. The van der Waals surface area contributed by atoms with Crippen LogP contribution in [-0.2, 0) is 11.2 Å². The van der Waals surface area contributed by atoms with E-state index in [1.54, 1.807) is 4.73 Å². The van der Waals surface area contributed by atoms with Gasteiger partial charge in [0.15, 0.2) is 0 Å². The van der Waals surface area contributed by atoms with Crippen molar-refractivity contribution >= 4 is 16.9 Å². The molecule has 0 amide bonds. The van der Waals surface area contributed by atoms with Crippen molar-refractivity contribution in [2.45, 2.75) is 39.2 Å². The largest absolute Gasteiger partial charge is 0.337 e. The molecule has 0 spiro atoms. The number of carbonyl (C=O) groups is 1. The lowest BCUT2D eigenvalue weighted by atomic mass is 10.1. The fourth-order valence-electron chi connectivity index (χ4n) is 2.16. The number of para-hydroxylation sites is 1. The van der Waals surface area contributed by atoms with Crippen molar-refractivity contribution in [1.82, 2.24) is 4.73 Å². The number of benzene rings is 1. The summed E-state index contributed by atoms with van der Waals surface area (Å²) >= 11 is 0. The Morgan fingerprint density at radius 3 is 2.84 bits per heavy atom. The minimum Gasteiger partial charge on any atom is -0.337 e. The average Bonchev–Trinajstić information content (AvgIpc) is 2.68. The molecule has 102 valence electrons. The maximum absolute atomic E-state index is 11.6. The van der Waals surface area contributed by atoms with Gasteiger partial charge in [0.2, 0.25) is 0 Å². The first-order valence-corrected chi connectivity index (χ1v) is 6.67. The van der Waals surface area contributed by atoms with Crippen LogP contribution in [0.15, 0.2) is 30.5 Å². The number of fused-ring (bicyclic) bond motifs is 1. The van der Waals surface area contributed by atoms with Crippen LogP contribution in [0.3, 0.4) is 0 Å². The van der Waals surface area contributed by atoms with Crippen LogP contribution in [0.4, 0.5) is 0 Å². The average molecular weight is 260 g/mol. The molecule has 4 nitrogen and oxygen atoms in total.